The summed E-state index contributed by atoms with van der Waals surface area (Å²) >= 11 is 0. The summed E-state index contributed by atoms with van der Waals surface area (Å²) in [6.07, 6.45) is -0.645. The fraction of sp³-hybridized carbons (Fsp3) is 0.800. The highest BCUT2D eigenvalue weighted by Gasteiger charge is 2.15. The van der Waals surface area contributed by atoms with E-state index in [1.54, 1.807) is 13.8 Å². The molecule has 4 heteroatoms. The summed E-state index contributed by atoms with van der Waals surface area (Å²) in [6.45, 7) is 3.15. The van der Waals surface area contributed by atoms with E-state index in [2.05, 4.69) is 0 Å². The average Bonchev–Trinajstić information content (AvgIpc) is 1.84. The highest BCUT2D eigenvalue weighted by Crippen LogP contribution is 1.99. The summed E-state index contributed by atoms with van der Waals surface area (Å²) in [4.78, 5) is 10.6. The van der Waals surface area contributed by atoms with Crippen molar-refractivity contribution in [2.45, 2.75) is 20.0 Å². The lowest BCUT2D eigenvalue weighted by molar-refractivity contribution is -0.127. The van der Waals surface area contributed by atoms with Crippen LogP contribution in [-0.2, 0) is 4.79 Å². The van der Waals surface area contributed by atoms with Gasteiger partial charge in [0.2, 0.25) is 5.91 Å². The van der Waals surface area contributed by atoms with Crippen molar-refractivity contribution in [3.63, 3.8) is 0 Å². The largest absolute Gasteiger partial charge is 0.393 e. The third kappa shape index (κ3) is 2.43. The molecule has 2 atom stereocenters. The Morgan fingerprint density at radius 2 is 2.11 bits per heavy atom. The molecule has 0 fully saturated rings. The lowest BCUT2D eigenvalue weighted by Gasteiger charge is -2.11. The first kappa shape index (κ1) is 8.39. The van der Waals surface area contributed by atoms with Crippen molar-refractivity contribution in [2.75, 3.05) is 0 Å². The topological polar surface area (TPSA) is 75.3 Å². The van der Waals surface area contributed by atoms with E-state index >= 15 is 0 Å². The summed E-state index contributed by atoms with van der Waals surface area (Å²) in [7, 11) is 0. The highest BCUT2D eigenvalue weighted by atomic mass is 16.3. The van der Waals surface area contributed by atoms with E-state index in [-0.39, 0.29) is 5.91 Å². The number of rotatable bonds is 2. The highest BCUT2D eigenvalue weighted by molar-refractivity contribution is 5.78. The first-order valence-electron chi connectivity index (χ1n) is 2.78. The monoisotopic (exact) mass is 132 g/mol. The maximum atomic E-state index is 10.6. The molecule has 0 aliphatic heterocycles. The molecule has 4 nitrogen and oxygen atoms in total. The Bertz CT molecular complexity index is 103. The van der Waals surface area contributed by atoms with Crippen molar-refractivity contribution < 1.29 is 9.90 Å². The molecule has 0 aromatic rings. The third-order valence-corrected chi connectivity index (χ3v) is 1.28. The molecule has 0 heterocycles. The summed E-state index contributed by atoms with van der Waals surface area (Å²) in [5.41, 5.74) is 1.95. The number of aliphatic hydroxyl groups is 1. The van der Waals surface area contributed by atoms with Crippen LogP contribution < -0.4 is 11.3 Å². The molecule has 0 unspecified atom stereocenters. The van der Waals surface area contributed by atoms with Gasteiger partial charge in [-0.3, -0.25) is 10.2 Å². The van der Waals surface area contributed by atoms with Crippen LogP contribution in [0.2, 0.25) is 0 Å². The molecular formula is C5H12N2O2. The van der Waals surface area contributed by atoms with E-state index < -0.39 is 12.0 Å². The van der Waals surface area contributed by atoms with E-state index in [1.807, 2.05) is 5.43 Å². The minimum absolute atomic E-state index is 0.343. The molecule has 0 bridgehead atoms. The van der Waals surface area contributed by atoms with Crippen LogP contribution in [0.25, 0.3) is 0 Å². The zero-order valence-electron chi connectivity index (χ0n) is 5.59. The quantitative estimate of drug-likeness (QED) is 0.256. The minimum Gasteiger partial charge on any atom is -0.393 e. The summed E-state index contributed by atoms with van der Waals surface area (Å²) in [5.74, 6) is 4.02. The van der Waals surface area contributed by atoms with Gasteiger partial charge >= 0.3 is 0 Å². The van der Waals surface area contributed by atoms with Gasteiger partial charge in [-0.1, -0.05) is 6.92 Å². The van der Waals surface area contributed by atoms with Crippen molar-refractivity contribution in [3.05, 3.63) is 0 Å². The van der Waals surface area contributed by atoms with Crippen LogP contribution >= 0.6 is 0 Å². The maximum absolute atomic E-state index is 10.6. The predicted octanol–water partition coefficient (Wildman–Crippen LogP) is -1.01. The van der Waals surface area contributed by atoms with Gasteiger partial charge in [-0.2, -0.15) is 0 Å². The van der Waals surface area contributed by atoms with Gasteiger partial charge in [0, 0.05) is 0 Å². The molecule has 0 aromatic heterocycles. The van der Waals surface area contributed by atoms with E-state index in [0.717, 1.165) is 0 Å². The summed E-state index contributed by atoms with van der Waals surface area (Å²) in [5, 5.41) is 8.81. The van der Waals surface area contributed by atoms with Gasteiger partial charge in [-0.15, -0.1) is 0 Å². The van der Waals surface area contributed by atoms with Gasteiger partial charge in [-0.05, 0) is 6.92 Å². The number of nitrogens with one attached hydrogen (secondary N) is 1. The van der Waals surface area contributed by atoms with Crippen molar-refractivity contribution in [2.24, 2.45) is 11.8 Å². The second-order valence-electron chi connectivity index (χ2n) is 2.04. The Hall–Kier alpha value is -0.610. The Kier molecular flexibility index (Phi) is 3.19. The number of aliphatic hydroxyl groups excluding tert-OH is 1. The molecule has 0 aliphatic rings. The van der Waals surface area contributed by atoms with Gasteiger partial charge in [0.25, 0.3) is 0 Å². The number of carbonyl (C=O) groups excluding carboxylic acids is 1. The lowest BCUT2D eigenvalue weighted by atomic mass is 10.1. The maximum Gasteiger partial charge on any atom is 0.239 e. The first-order chi connectivity index (χ1) is 4.09. The normalized spacial score (nSPS) is 16.4. The first-order valence-corrected chi connectivity index (χ1v) is 2.78. The van der Waals surface area contributed by atoms with Gasteiger partial charge in [0.05, 0.1) is 12.0 Å². The average molecular weight is 132 g/mol. The van der Waals surface area contributed by atoms with Crippen LogP contribution in [-0.4, -0.2) is 17.1 Å². The van der Waals surface area contributed by atoms with E-state index in [1.165, 1.54) is 0 Å². The van der Waals surface area contributed by atoms with Crippen LogP contribution in [0.4, 0.5) is 0 Å². The zero-order valence-corrected chi connectivity index (χ0v) is 5.59. The Morgan fingerprint density at radius 3 is 2.22 bits per heavy atom. The zero-order chi connectivity index (χ0) is 7.44. The van der Waals surface area contributed by atoms with E-state index in [4.69, 9.17) is 10.9 Å². The number of hydrogen-bond acceptors (Lipinski definition) is 3. The van der Waals surface area contributed by atoms with Crippen LogP contribution in [0.1, 0.15) is 13.8 Å². The van der Waals surface area contributed by atoms with Gasteiger partial charge in [-0.25, -0.2) is 5.84 Å². The molecule has 0 aromatic carbocycles. The van der Waals surface area contributed by atoms with Crippen molar-refractivity contribution in [1.29, 1.82) is 0 Å². The Morgan fingerprint density at radius 1 is 1.67 bits per heavy atom. The second-order valence-corrected chi connectivity index (χ2v) is 2.04. The van der Waals surface area contributed by atoms with Gasteiger partial charge in [0.15, 0.2) is 0 Å². The molecule has 0 radical (unpaired) electrons. The summed E-state index contributed by atoms with van der Waals surface area (Å²) in [6, 6.07) is 0. The molecule has 0 saturated carbocycles. The van der Waals surface area contributed by atoms with Crippen LogP contribution in [0.15, 0.2) is 0 Å². The molecule has 9 heavy (non-hydrogen) atoms. The molecular weight excluding hydrogens is 120 g/mol. The molecule has 0 saturated heterocycles. The molecule has 0 spiro atoms. The van der Waals surface area contributed by atoms with E-state index in [9.17, 15) is 4.79 Å². The van der Waals surface area contributed by atoms with Crippen LogP contribution in [0.5, 0.6) is 0 Å². The third-order valence-electron chi connectivity index (χ3n) is 1.28. The van der Waals surface area contributed by atoms with E-state index in [0.29, 0.717) is 0 Å². The van der Waals surface area contributed by atoms with Crippen molar-refractivity contribution in [1.82, 2.24) is 5.43 Å². The molecule has 0 rings (SSSR count). The predicted molar refractivity (Wildman–Crippen MR) is 33.2 cm³/mol. The fourth-order valence-electron chi connectivity index (χ4n) is 0.351. The Balaban J connectivity index is 3.72. The van der Waals surface area contributed by atoms with Crippen molar-refractivity contribution in [3.8, 4) is 0 Å². The number of amides is 1. The molecule has 54 valence electrons. The summed E-state index contributed by atoms with van der Waals surface area (Å²) < 4.78 is 0. The second kappa shape index (κ2) is 3.42. The SMILES string of the molecule is C[C@H](O)[C@H](C)C(=O)NN. The van der Waals surface area contributed by atoms with Crippen LogP contribution in [0.3, 0.4) is 0 Å². The number of hydrogen-bond donors (Lipinski definition) is 3. The standard InChI is InChI=1S/C5H12N2O2/c1-3(4(2)8)5(9)7-6/h3-4,8H,6H2,1-2H3,(H,7,9)/t3-,4-/m0/s1. The Labute approximate surface area is 54.0 Å². The smallest absolute Gasteiger partial charge is 0.239 e. The number of carbonyl (C=O) groups is 1. The lowest BCUT2D eigenvalue weighted by Crippen LogP contribution is -2.38. The van der Waals surface area contributed by atoms with Gasteiger partial charge < -0.3 is 5.11 Å². The number of nitrogens with two attached hydrogens (primary N) is 1. The van der Waals surface area contributed by atoms with Crippen LogP contribution in [0, 0.1) is 5.92 Å². The molecule has 1 amide bonds. The minimum atomic E-state index is -0.645. The van der Waals surface area contributed by atoms with Gasteiger partial charge in [0.1, 0.15) is 0 Å². The number of hydrazine groups is 1. The fourth-order valence-corrected chi connectivity index (χ4v) is 0.351. The molecule has 0 aliphatic carbocycles. The van der Waals surface area contributed by atoms with Crippen molar-refractivity contribution >= 4 is 5.91 Å². The molecule has 4 N–H and O–H groups in total.